The standard InChI is InChI=1S/C37H53FN6O6S/c1-23(26-6-8-27(9-7-26)31-24(2)39-22-51-31)40-33(47)29-18-28(45)20-44(29)34(48)32(36(3,4)5)41-30(46)21-42-16-12-37(38,13-17-42)19-25-10-14-43(15-11-25)35(49)50/h6-9,22-23,25,28-29,32,45H,10-21H2,1-5H3,(H,40,47)(H,41,46)(H,49,50)/t23-,28+,29-,32+/m0/s1. The molecule has 0 spiro atoms. The van der Waals surface area contributed by atoms with Crippen molar-refractivity contribution < 1.29 is 33.8 Å². The maximum atomic E-state index is 15.8. The van der Waals surface area contributed by atoms with Crippen LogP contribution in [-0.4, -0.2) is 117 Å². The number of aliphatic hydroxyl groups excluding tert-OH is 1. The number of aliphatic hydroxyl groups is 1. The van der Waals surface area contributed by atoms with E-state index >= 15 is 4.39 Å². The van der Waals surface area contributed by atoms with Crippen LogP contribution in [-0.2, 0) is 14.4 Å². The van der Waals surface area contributed by atoms with Gasteiger partial charge in [0.1, 0.15) is 17.8 Å². The summed E-state index contributed by atoms with van der Waals surface area (Å²) < 4.78 is 15.8. The zero-order valence-electron chi connectivity index (χ0n) is 30.4. The van der Waals surface area contributed by atoms with Crippen LogP contribution < -0.4 is 10.6 Å². The number of piperidine rings is 2. The van der Waals surface area contributed by atoms with Gasteiger partial charge in [-0.05, 0) is 68.4 Å². The molecule has 0 bridgehead atoms. The minimum Gasteiger partial charge on any atom is -0.465 e. The maximum absolute atomic E-state index is 15.8. The topological polar surface area (TPSA) is 155 Å². The molecule has 280 valence electrons. The molecule has 14 heteroatoms. The summed E-state index contributed by atoms with van der Waals surface area (Å²) in [4.78, 5) is 62.3. The second-order valence-corrected chi connectivity index (χ2v) is 16.6. The second-order valence-electron chi connectivity index (χ2n) is 15.7. The molecule has 0 unspecified atom stereocenters. The first-order valence-electron chi connectivity index (χ1n) is 18.0. The van der Waals surface area contributed by atoms with Gasteiger partial charge in [0.2, 0.25) is 17.7 Å². The van der Waals surface area contributed by atoms with Gasteiger partial charge in [-0.2, -0.15) is 0 Å². The van der Waals surface area contributed by atoms with E-state index in [9.17, 15) is 29.4 Å². The van der Waals surface area contributed by atoms with E-state index in [-0.39, 0.29) is 56.1 Å². The number of nitrogens with one attached hydrogen (secondary N) is 2. The summed E-state index contributed by atoms with van der Waals surface area (Å²) >= 11 is 1.57. The monoisotopic (exact) mass is 728 g/mol. The molecule has 4 N–H and O–H groups in total. The molecule has 4 heterocycles. The molecule has 1 aromatic heterocycles. The van der Waals surface area contributed by atoms with E-state index in [0.717, 1.165) is 21.7 Å². The Labute approximate surface area is 303 Å². The number of nitrogens with zero attached hydrogens (tertiary/aromatic N) is 4. The highest BCUT2D eigenvalue weighted by Gasteiger charge is 2.45. The number of carbonyl (C=O) groups excluding carboxylic acids is 3. The molecule has 3 fully saturated rings. The Hall–Kier alpha value is -3.62. The third kappa shape index (κ3) is 9.63. The molecule has 5 rings (SSSR count). The van der Waals surface area contributed by atoms with Gasteiger partial charge in [-0.15, -0.1) is 11.3 Å². The molecule has 0 aliphatic carbocycles. The van der Waals surface area contributed by atoms with Crippen LogP contribution in [0.3, 0.4) is 0 Å². The lowest BCUT2D eigenvalue weighted by Crippen LogP contribution is -2.59. The smallest absolute Gasteiger partial charge is 0.407 e. The van der Waals surface area contributed by atoms with Crippen molar-refractivity contribution in [2.45, 2.75) is 103 Å². The Kier molecular flexibility index (Phi) is 12.1. The normalized spacial score (nSPS) is 22.7. The van der Waals surface area contributed by atoms with Crippen LogP contribution >= 0.6 is 11.3 Å². The van der Waals surface area contributed by atoms with Crippen LogP contribution in [0, 0.1) is 18.3 Å². The molecule has 4 atom stereocenters. The number of hydrogen-bond acceptors (Lipinski definition) is 8. The predicted octanol–water partition coefficient (Wildman–Crippen LogP) is 4.37. The van der Waals surface area contributed by atoms with Crippen LogP contribution in [0.1, 0.15) is 83.5 Å². The summed E-state index contributed by atoms with van der Waals surface area (Å²) in [5.74, 6) is -1.02. The van der Waals surface area contributed by atoms with Crippen LogP contribution in [0.5, 0.6) is 0 Å². The van der Waals surface area contributed by atoms with Gasteiger partial charge in [-0.25, -0.2) is 14.2 Å². The Morgan fingerprint density at radius 1 is 1.06 bits per heavy atom. The van der Waals surface area contributed by atoms with Crippen molar-refractivity contribution in [3.63, 3.8) is 0 Å². The van der Waals surface area contributed by atoms with E-state index in [1.807, 2.05) is 69.3 Å². The molecule has 2 aromatic rings. The van der Waals surface area contributed by atoms with Crippen LogP contribution in [0.2, 0.25) is 0 Å². The van der Waals surface area contributed by atoms with Gasteiger partial charge in [-0.1, -0.05) is 45.0 Å². The number of β-amino-alcohol motifs (C(OH)–C–C–N with tert-alkyl or cyclic N) is 1. The van der Waals surface area contributed by atoms with Crippen molar-refractivity contribution in [1.29, 1.82) is 0 Å². The zero-order chi connectivity index (χ0) is 37.1. The van der Waals surface area contributed by atoms with Crippen LogP contribution in [0.4, 0.5) is 9.18 Å². The zero-order valence-corrected chi connectivity index (χ0v) is 31.2. The number of carboxylic acid groups (broad SMARTS) is 1. The molecule has 3 saturated heterocycles. The highest BCUT2D eigenvalue weighted by molar-refractivity contribution is 7.13. The summed E-state index contributed by atoms with van der Waals surface area (Å²) in [7, 11) is 0. The van der Waals surface area contributed by atoms with Gasteiger partial charge in [0.05, 0.1) is 34.8 Å². The van der Waals surface area contributed by atoms with Crippen molar-refractivity contribution in [1.82, 2.24) is 30.3 Å². The summed E-state index contributed by atoms with van der Waals surface area (Å²) in [6.07, 6.45) is 0.576. The first-order valence-corrected chi connectivity index (χ1v) is 18.9. The number of thiazole rings is 1. The second kappa shape index (κ2) is 16.0. The minimum atomic E-state index is -1.35. The number of aryl methyl sites for hydroxylation is 1. The highest BCUT2D eigenvalue weighted by Crippen LogP contribution is 2.36. The van der Waals surface area contributed by atoms with E-state index in [2.05, 4.69) is 15.6 Å². The molecule has 0 radical (unpaired) electrons. The van der Waals surface area contributed by atoms with E-state index < -0.39 is 41.3 Å². The van der Waals surface area contributed by atoms with Crippen LogP contribution in [0.15, 0.2) is 29.8 Å². The van der Waals surface area contributed by atoms with E-state index in [1.54, 1.807) is 11.3 Å². The molecule has 51 heavy (non-hydrogen) atoms. The van der Waals surface area contributed by atoms with Gasteiger partial charge in [0.25, 0.3) is 0 Å². The first-order chi connectivity index (χ1) is 24.0. The summed E-state index contributed by atoms with van der Waals surface area (Å²) in [6, 6.07) is 5.72. The largest absolute Gasteiger partial charge is 0.465 e. The van der Waals surface area contributed by atoms with Crippen molar-refractivity contribution in [3.05, 3.63) is 41.0 Å². The van der Waals surface area contributed by atoms with Gasteiger partial charge in [0.15, 0.2) is 0 Å². The fraction of sp³-hybridized carbons (Fsp3) is 0.649. The molecule has 12 nitrogen and oxygen atoms in total. The number of halogens is 1. The number of likely N-dealkylation sites (tertiary alicyclic amines) is 3. The third-order valence-electron chi connectivity index (χ3n) is 10.7. The van der Waals surface area contributed by atoms with Crippen molar-refractivity contribution in [2.75, 3.05) is 39.3 Å². The lowest BCUT2D eigenvalue weighted by Gasteiger charge is -2.40. The minimum absolute atomic E-state index is 0.0123. The van der Waals surface area contributed by atoms with Gasteiger partial charge < -0.3 is 30.6 Å². The fourth-order valence-corrected chi connectivity index (χ4v) is 8.40. The molecule has 4 amide bonds. The SMILES string of the molecule is Cc1ncsc1-c1ccc([C@H](C)NC(=O)[C@@H]2C[C@@H](O)CN2C(=O)[C@@H](NC(=O)CN2CCC(F)(CC3CCN(C(=O)O)CC3)CC2)C(C)(C)C)cc1. The Morgan fingerprint density at radius 3 is 2.27 bits per heavy atom. The quantitative estimate of drug-likeness (QED) is 0.281. The number of rotatable bonds is 10. The Balaban J connectivity index is 1.14. The lowest BCUT2D eigenvalue weighted by atomic mass is 9.80. The van der Waals surface area contributed by atoms with Crippen molar-refractivity contribution >= 4 is 35.2 Å². The summed E-state index contributed by atoms with van der Waals surface area (Å²) in [6.45, 7) is 11.0. The van der Waals surface area contributed by atoms with Gasteiger partial charge >= 0.3 is 6.09 Å². The van der Waals surface area contributed by atoms with Crippen molar-refractivity contribution in [2.24, 2.45) is 11.3 Å². The number of alkyl halides is 1. The summed E-state index contributed by atoms with van der Waals surface area (Å²) in [5.41, 5.74) is 2.67. The molecule has 0 saturated carbocycles. The van der Waals surface area contributed by atoms with E-state index in [1.165, 1.54) is 9.80 Å². The number of hydrogen-bond donors (Lipinski definition) is 4. The Morgan fingerprint density at radius 2 is 1.71 bits per heavy atom. The number of carbonyl (C=O) groups is 4. The fourth-order valence-electron chi connectivity index (χ4n) is 7.59. The predicted molar refractivity (Wildman–Crippen MR) is 193 cm³/mol. The van der Waals surface area contributed by atoms with Gasteiger partial charge in [0, 0.05) is 39.1 Å². The molecule has 1 aromatic carbocycles. The molecule has 3 aliphatic heterocycles. The first kappa shape index (κ1) is 38.6. The average Bonchev–Trinajstić information content (AvgIpc) is 3.69. The van der Waals surface area contributed by atoms with E-state index in [4.69, 9.17) is 0 Å². The number of benzene rings is 1. The molecular formula is C37H53FN6O6S. The summed E-state index contributed by atoms with van der Waals surface area (Å²) in [5, 5.41) is 25.7. The molecular weight excluding hydrogens is 676 g/mol. The number of aromatic nitrogens is 1. The number of amides is 4. The van der Waals surface area contributed by atoms with Crippen LogP contribution in [0.25, 0.3) is 10.4 Å². The third-order valence-corrected chi connectivity index (χ3v) is 11.7. The lowest BCUT2D eigenvalue weighted by molar-refractivity contribution is -0.144. The highest BCUT2D eigenvalue weighted by atomic mass is 32.1. The maximum Gasteiger partial charge on any atom is 0.407 e. The molecule has 3 aliphatic rings. The van der Waals surface area contributed by atoms with E-state index in [0.29, 0.717) is 45.4 Å². The Bertz CT molecular complexity index is 1550. The van der Waals surface area contributed by atoms with Crippen molar-refractivity contribution in [3.8, 4) is 10.4 Å². The average molecular weight is 729 g/mol. The van der Waals surface area contributed by atoms with Gasteiger partial charge in [-0.3, -0.25) is 19.3 Å².